The smallest absolute Gasteiger partial charge is 0.312 e. The maximum atomic E-state index is 13.2. The molecular formula is C28H37ClO12. The van der Waals surface area contributed by atoms with E-state index < -0.39 is 107 Å². The summed E-state index contributed by atoms with van der Waals surface area (Å²) in [4.78, 5) is 63.0. The van der Waals surface area contributed by atoms with Crippen molar-refractivity contribution in [2.24, 2.45) is 23.2 Å². The van der Waals surface area contributed by atoms with Gasteiger partial charge in [-0.2, -0.15) is 0 Å². The molecule has 1 spiro atoms. The summed E-state index contributed by atoms with van der Waals surface area (Å²) in [6.45, 7) is 13.7. The summed E-state index contributed by atoms with van der Waals surface area (Å²) in [6.07, 6.45) is -6.18. The van der Waals surface area contributed by atoms with Crippen molar-refractivity contribution in [3.05, 3.63) is 12.2 Å². The molecule has 228 valence electrons. The Labute approximate surface area is 242 Å². The third kappa shape index (κ3) is 4.81. The van der Waals surface area contributed by atoms with E-state index in [-0.39, 0.29) is 12.0 Å². The standard InChI is InChI=1S/C28H37ClO12/c1-11-18(36-14(4)30)9-19(37-15(5)31)26(8)20(38-16(6)32)10-27(35)12(2)22(29)24-28(41-27,13(3)25(34)40-24)23(21(11)26)39-17(7)33/h11,13,18-24,35H,2,9-10H2,1,3-8H3/t11-,13-,18+,19-,20-,21+,22-,23+,24-,26+,27-,28?/m0/s1. The number of rotatable bonds is 4. The van der Waals surface area contributed by atoms with Crippen LogP contribution in [0.25, 0.3) is 0 Å². The Hall–Kier alpha value is -2.70. The maximum Gasteiger partial charge on any atom is 0.312 e. The minimum atomic E-state index is -2.28. The first-order chi connectivity index (χ1) is 18.9. The third-order valence-corrected chi connectivity index (χ3v) is 9.82. The second-order valence-corrected chi connectivity index (χ2v) is 12.3. The van der Waals surface area contributed by atoms with Crippen LogP contribution in [0.5, 0.6) is 0 Å². The Bertz CT molecular complexity index is 1170. The third-order valence-electron chi connectivity index (χ3n) is 9.33. The number of aliphatic hydroxyl groups is 1. The predicted molar refractivity (Wildman–Crippen MR) is 139 cm³/mol. The van der Waals surface area contributed by atoms with Gasteiger partial charge in [0.1, 0.15) is 24.4 Å². The average molecular weight is 601 g/mol. The molecule has 2 bridgehead atoms. The van der Waals surface area contributed by atoms with Gasteiger partial charge in [-0.05, 0) is 6.92 Å². The monoisotopic (exact) mass is 600 g/mol. The lowest BCUT2D eigenvalue weighted by Gasteiger charge is -2.63. The van der Waals surface area contributed by atoms with Crippen molar-refractivity contribution < 1.29 is 57.5 Å². The minimum absolute atomic E-state index is 0.0116. The molecule has 0 amide bonds. The maximum absolute atomic E-state index is 13.2. The van der Waals surface area contributed by atoms with Crippen molar-refractivity contribution in [2.45, 2.75) is 109 Å². The molecule has 41 heavy (non-hydrogen) atoms. The summed E-state index contributed by atoms with van der Waals surface area (Å²) in [6, 6.07) is 0. The van der Waals surface area contributed by atoms with Crippen molar-refractivity contribution in [3.8, 4) is 0 Å². The van der Waals surface area contributed by atoms with Gasteiger partial charge in [0.25, 0.3) is 0 Å². The number of fused-ring (bicyclic) bond motifs is 2. The van der Waals surface area contributed by atoms with Crippen LogP contribution in [0.3, 0.4) is 0 Å². The van der Waals surface area contributed by atoms with Crippen LogP contribution in [0.2, 0.25) is 0 Å². The topological polar surface area (TPSA) is 161 Å². The van der Waals surface area contributed by atoms with Gasteiger partial charge >= 0.3 is 29.8 Å². The van der Waals surface area contributed by atoms with E-state index in [2.05, 4.69) is 6.58 Å². The van der Waals surface area contributed by atoms with E-state index in [4.69, 9.17) is 40.0 Å². The Balaban J connectivity index is 2.08. The van der Waals surface area contributed by atoms with Gasteiger partial charge in [-0.1, -0.05) is 20.4 Å². The number of hydrogen-bond donors (Lipinski definition) is 1. The number of carbonyl (C=O) groups excluding carboxylic acids is 5. The molecule has 12 atom stereocenters. The fourth-order valence-corrected chi connectivity index (χ4v) is 7.92. The first-order valence-electron chi connectivity index (χ1n) is 13.5. The van der Waals surface area contributed by atoms with Gasteiger partial charge in [-0.15, -0.1) is 11.6 Å². The highest BCUT2D eigenvalue weighted by Gasteiger charge is 2.77. The molecule has 1 unspecified atom stereocenters. The SMILES string of the molecule is C=C1[C@H](Cl)[C@@H]2OC(=O)[C@H](C)C23O[C@@]1(O)C[C@H](OC(C)=O)[C@]1(C)[C@H]([C@@H](C)[C@H](OC(C)=O)C[C@@H]1OC(C)=O)[C@H]3OC(C)=O. The molecule has 3 aliphatic heterocycles. The lowest BCUT2D eigenvalue weighted by Crippen LogP contribution is -2.76. The molecule has 1 saturated carbocycles. The highest BCUT2D eigenvalue weighted by atomic mass is 35.5. The first kappa shape index (κ1) is 31.2. The second-order valence-electron chi connectivity index (χ2n) is 11.8. The molecule has 0 aromatic rings. The van der Waals surface area contributed by atoms with Crippen molar-refractivity contribution in [2.75, 3.05) is 0 Å². The molecule has 12 nitrogen and oxygen atoms in total. The van der Waals surface area contributed by atoms with Gasteiger partial charge in [0, 0.05) is 63.4 Å². The van der Waals surface area contributed by atoms with Crippen LogP contribution in [0, 0.1) is 23.2 Å². The van der Waals surface area contributed by atoms with Crippen LogP contribution in [-0.2, 0) is 52.4 Å². The van der Waals surface area contributed by atoms with Gasteiger partial charge in [0.2, 0.25) is 0 Å². The van der Waals surface area contributed by atoms with E-state index in [0.717, 1.165) is 0 Å². The molecule has 3 saturated heterocycles. The molecular weight excluding hydrogens is 564 g/mol. The molecule has 4 fully saturated rings. The molecule has 0 aromatic heterocycles. The second kappa shape index (κ2) is 10.5. The van der Waals surface area contributed by atoms with Crippen molar-refractivity contribution in [1.29, 1.82) is 0 Å². The zero-order chi connectivity index (χ0) is 30.8. The predicted octanol–water partition coefficient (Wildman–Crippen LogP) is 1.96. The Kier molecular flexibility index (Phi) is 8.03. The van der Waals surface area contributed by atoms with Crippen LogP contribution in [0.15, 0.2) is 12.2 Å². The van der Waals surface area contributed by atoms with Crippen LogP contribution in [0.1, 0.15) is 61.3 Å². The quantitative estimate of drug-likeness (QED) is 0.216. The normalized spacial score (nSPS) is 45.1. The highest BCUT2D eigenvalue weighted by molar-refractivity contribution is 6.23. The first-order valence-corrected chi connectivity index (χ1v) is 14.0. The lowest BCUT2D eigenvalue weighted by atomic mass is 9.51. The van der Waals surface area contributed by atoms with Gasteiger partial charge in [0.05, 0.1) is 11.3 Å². The molecule has 4 aliphatic rings. The summed E-state index contributed by atoms with van der Waals surface area (Å²) in [7, 11) is 0. The van der Waals surface area contributed by atoms with E-state index in [9.17, 15) is 29.1 Å². The highest BCUT2D eigenvalue weighted by Crippen LogP contribution is 2.63. The summed E-state index contributed by atoms with van der Waals surface area (Å²) in [5.74, 6) is -8.42. The zero-order valence-electron chi connectivity index (χ0n) is 24.1. The Morgan fingerprint density at radius 3 is 2.02 bits per heavy atom. The van der Waals surface area contributed by atoms with Gasteiger partial charge < -0.3 is 33.5 Å². The molecule has 3 heterocycles. The number of ether oxygens (including phenoxy) is 6. The van der Waals surface area contributed by atoms with E-state index >= 15 is 0 Å². The van der Waals surface area contributed by atoms with Gasteiger partial charge in [-0.25, -0.2) is 0 Å². The molecule has 0 aromatic carbocycles. The van der Waals surface area contributed by atoms with Crippen LogP contribution >= 0.6 is 11.6 Å². The number of alkyl halides is 1. The van der Waals surface area contributed by atoms with Crippen molar-refractivity contribution >= 4 is 41.4 Å². The summed E-state index contributed by atoms with van der Waals surface area (Å²) in [5, 5.41) is 10.9. The summed E-state index contributed by atoms with van der Waals surface area (Å²) < 4.78 is 35.4. The molecule has 1 aliphatic carbocycles. The van der Waals surface area contributed by atoms with E-state index in [0.29, 0.717) is 0 Å². The average Bonchev–Trinajstić information content (AvgIpc) is 3.09. The molecule has 13 heteroatoms. The largest absolute Gasteiger partial charge is 0.462 e. The zero-order valence-corrected chi connectivity index (χ0v) is 24.9. The van der Waals surface area contributed by atoms with Crippen LogP contribution in [-0.4, -0.2) is 82.2 Å². The van der Waals surface area contributed by atoms with Crippen molar-refractivity contribution in [1.82, 2.24) is 0 Å². The van der Waals surface area contributed by atoms with E-state index in [1.54, 1.807) is 13.8 Å². The van der Waals surface area contributed by atoms with E-state index in [1.165, 1.54) is 34.6 Å². The fraction of sp³-hybridized carbons (Fsp3) is 0.750. The van der Waals surface area contributed by atoms with Gasteiger partial charge in [-0.3, -0.25) is 24.0 Å². The van der Waals surface area contributed by atoms with Crippen LogP contribution in [0.4, 0.5) is 0 Å². The minimum Gasteiger partial charge on any atom is -0.462 e. The van der Waals surface area contributed by atoms with Gasteiger partial charge in [0.15, 0.2) is 17.5 Å². The summed E-state index contributed by atoms with van der Waals surface area (Å²) >= 11 is 6.80. The Morgan fingerprint density at radius 1 is 0.951 bits per heavy atom. The molecule has 1 N–H and O–H groups in total. The lowest BCUT2D eigenvalue weighted by molar-refractivity contribution is -0.355. The fourth-order valence-electron chi connectivity index (χ4n) is 7.50. The number of esters is 5. The molecule has 4 rings (SSSR count). The Morgan fingerprint density at radius 2 is 1.49 bits per heavy atom. The number of carbonyl (C=O) groups is 5. The van der Waals surface area contributed by atoms with Crippen molar-refractivity contribution in [3.63, 3.8) is 0 Å². The van der Waals surface area contributed by atoms with E-state index in [1.807, 2.05) is 0 Å². The number of hydrogen-bond acceptors (Lipinski definition) is 12. The molecule has 0 radical (unpaired) electrons. The van der Waals surface area contributed by atoms with Crippen LogP contribution < -0.4 is 0 Å². The summed E-state index contributed by atoms with van der Waals surface area (Å²) in [5.41, 5.74) is -3.30. The number of halogens is 1.